The molecule has 2 aromatic carbocycles. The number of ether oxygens (including phenoxy) is 2. The third kappa shape index (κ3) is 4.93. The van der Waals surface area contributed by atoms with Gasteiger partial charge in [0.2, 0.25) is 5.91 Å². The number of carbonyl (C=O) groups excluding carboxylic acids is 2. The third-order valence-corrected chi connectivity index (χ3v) is 4.03. The zero-order chi connectivity index (χ0) is 18.4. The zero-order valence-corrected chi connectivity index (χ0v) is 15.7. The van der Waals surface area contributed by atoms with Crippen LogP contribution in [0.15, 0.2) is 46.9 Å². The number of nitrogens with one attached hydrogen (secondary N) is 1. The van der Waals surface area contributed by atoms with Crippen LogP contribution in [0.4, 0.5) is 5.69 Å². The van der Waals surface area contributed by atoms with Crippen molar-refractivity contribution in [3.8, 4) is 11.5 Å². The highest BCUT2D eigenvalue weighted by Gasteiger charge is 2.09. The van der Waals surface area contributed by atoms with Gasteiger partial charge in [0.25, 0.3) is 0 Å². The van der Waals surface area contributed by atoms with E-state index >= 15 is 0 Å². The topological polar surface area (TPSA) is 64.6 Å². The normalized spacial score (nSPS) is 10.6. The smallest absolute Gasteiger partial charge is 0.248 e. The first-order chi connectivity index (χ1) is 11.9. The van der Waals surface area contributed by atoms with Gasteiger partial charge in [0.1, 0.15) is 0 Å². The number of hydrogen-bond donors (Lipinski definition) is 1. The van der Waals surface area contributed by atoms with Crippen molar-refractivity contribution in [2.75, 3.05) is 19.5 Å². The van der Waals surface area contributed by atoms with E-state index in [0.29, 0.717) is 22.7 Å². The molecule has 1 amide bonds. The number of methoxy groups -OCH3 is 2. The fraction of sp³-hybridized carbons (Fsp3) is 0.158. The molecular weight excluding hydrogens is 386 g/mol. The average molecular weight is 404 g/mol. The van der Waals surface area contributed by atoms with Gasteiger partial charge >= 0.3 is 0 Å². The van der Waals surface area contributed by atoms with Crippen LogP contribution in [0.2, 0.25) is 0 Å². The Balaban J connectivity index is 2.09. The van der Waals surface area contributed by atoms with Crippen molar-refractivity contribution in [1.82, 2.24) is 0 Å². The van der Waals surface area contributed by atoms with Crippen molar-refractivity contribution in [2.45, 2.75) is 6.92 Å². The van der Waals surface area contributed by atoms with Crippen molar-refractivity contribution in [2.24, 2.45) is 0 Å². The summed E-state index contributed by atoms with van der Waals surface area (Å²) in [5.41, 5.74) is 2.00. The lowest BCUT2D eigenvalue weighted by molar-refractivity contribution is -0.111. The minimum absolute atomic E-state index is 0.0168. The molecule has 0 bridgehead atoms. The Morgan fingerprint density at radius 1 is 1.08 bits per heavy atom. The summed E-state index contributed by atoms with van der Waals surface area (Å²) in [7, 11) is 3.11. The standard InChI is InChI=1S/C19H18BrNO4/c1-12(22)14-5-7-15(8-6-14)21-18(23)9-4-13-10-16(20)19(25-3)17(11-13)24-2/h4-11H,1-3H3,(H,21,23). The summed E-state index contributed by atoms with van der Waals surface area (Å²) >= 11 is 3.41. The van der Waals surface area contributed by atoms with E-state index in [0.717, 1.165) is 10.0 Å². The summed E-state index contributed by atoms with van der Waals surface area (Å²) in [6, 6.07) is 10.3. The molecule has 0 atom stereocenters. The molecule has 0 saturated carbocycles. The third-order valence-electron chi connectivity index (χ3n) is 3.44. The van der Waals surface area contributed by atoms with E-state index < -0.39 is 0 Å². The van der Waals surface area contributed by atoms with Crippen LogP contribution < -0.4 is 14.8 Å². The molecule has 0 fully saturated rings. The molecule has 2 aromatic rings. The molecule has 0 spiro atoms. The van der Waals surface area contributed by atoms with Crippen molar-refractivity contribution in [3.63, 3.8) is 0 Å². The van der Waals surface area contributed by atoms with E-state index in [9.17, 15) is 9.59 Å². The van der Waals surface area contributed by atoms with Crippen LogP contribution in [-0.2, 0) is 4.79 Å². The zero-order valence-electron chi connectivity index (χ0n) is 14.1. The maximum absolute atomic E-state index is 12.0. The number of halogens is 1. The second-order valence-corrected chi connectivity index (χ2v) is 6.05. The molecule has 0 saturated heterocycles. The number of hydrogen-bond acceptors (Lipinski definition) is 4. The van der Waals surface area contributed by atoms with Gasteiger partial charge in [-0.3, -0.25) is 9.59 Å². The summed E-state index contributed by atoms with van der Waals surface area (Å²) in [5.74, 6) is 0.865. The van der Waals surface area contributed by atoms with E-state index in [2.05, 4.69) is 21.2 Å². The Labute approximate surface area is 154 Å². The molecule has 0 unspecified atom stereocenters. The van der Waals surface area contributed by atoms with Crippen LogP contribution in [0.5, 0.6) is 11.5 Å². The monoisotopic (exact) mass is 403 g/mol. The Hall–Kier alpha value is -2.60. The quantitative estimate of drug-likeness (QED) is 0.575. The maximum Gasteiger partial charge on any atom is 0.248 e. The molecule has 0 aliphatic heterocycles. The highest BCUT2D eigenvalue weighted by molar-refractivity contribution is 9.10. The molecule has 25 heavy (non-hydrogen) atoms. The van der Waals surface area contributed by atoms with Gasteiger partial charge < -0.3 is 14.8 Å². The Morgan fingerprint density at radius 3 is 2.32 bits per heavy atom. The average Bonchev–Trinajstić information content (AvgIpc) is 2.59. The van der Waals surface area contributed by atoms with E-state index in [-0.39, 0.29) is 11.7 Å². The van der Waals surface area contributed by atoms with Gasteiger partial charge in [-0.2, -0.15) is 0 Å². The lowest BCUT2D eigenvalue weighted by Crippen LogP contribution is -2.07. The first kappa shape index (κ1) is 18.7. The van der Waals surface area contributed by atoms with Crippen LogP contribution in [0.3, 0.4) is 0 Å². The molecule has 2 rings (SSSR count). The molecular formula is C19H18BrNO4. The largest absolute Gasteiger partial charge is 0.493 e. The maximum atomic E-state index is 12.0. The van der Waals surface area contributed by atoms with Crippen molar-refractivity contribution in [1.29, 1.82) is 0 Å². The summed E-state index contributed by atoms with van der Waals surface area (Å²) < 4.78 is 11.3. The van der Waals surface area contributed by atoms with Gasteiger partial charge in [-0.15, -0.1) is 0 Å². The Morgan fingerprint density at radius 2 is 1.76 bits per heavy atom. The molecule has 1 N–H and O–H groups in total. The number of ketones is 1. The van der Waals surface area contributed by atoms with Gasteiger partial charge in [0.15, 0.2) is 17.3 Å². The van der Waals surface area contributed by atoms with E-state index in [1.165, 1.54) is 13.0 Å². The lowest BCUT2D eigenvalue weighted by Gasteiger charge is -2.10. The summed E-state index contributed by atoms with van der Waals surface area (Å²) in [6.45, 7) is 1.50. The van der Waals surface area contributed by atoms with Gasteiger partial charge in [0.05, 0.1) is 18.7 Å². The number of carbonyl (C=O) groups is 2. The molecule has 0 aliphatic rings. The molecule has 0 radical (unpaired) electrons. The van der Waals surface area contributed by atoms with Gasteiger partial charge in [-0.1, -0.05) is 0 Å². The molecule has 0 heterocycles. The minimum Gasteiger partial charge on any atom is -0.493 e. The van der Waals surface area contributed by atoms with Crippen molar-refractivity contribution in [3.05, 3.63) is 58.1 Å². The molecule has 130 valence electrons. The SMILES string of the molecule is COc1cc(C=CC(=O)Nc2ccc(C(C)=O)cc2)cc(Br)c1OC. The first-order valence-electron chi connectivity index (χ1n) is 7.46. The molecule has 5 nitrogen and oxygen atoms in total. The lowest BCUT2D eigenvalue weighted by atomic mass is 10.1. The summed E-state index contributed by atoms with van der Waals surface area (Å²) in [4.78, 5) is 23.3. The number of rotatable bonds is 6. The summed E-state index contributed by atoms with van der Waals surface area (Å²) in [5, 5.41) is 2.74. The van der Waals surface area contributed by atoms with Crippen LogP contribution in [-0.4, -0.2) is 25.9 Å². The minimum atomic E-state index is -0.276. The molecule has 6 heteroatoms. The van der Waals surface area contributed by atoms with E-state index in [1.807, 2.05) is 6.07 Å². The predicted octanol–water partition coefficient (Wildman–Crippen LogP) is 4.32. The van der Waals surface area contributed by atoms with Gasteiger partial charge in [0, 0.05) is 17.3 Å². The van der Waals surface area contributed by atoms with Crippen LogP contribution >= 0.6 is 15.9 Å². The molecule has 0 aliphatic carbocycles. The fourth-order valence-electron chi connectivity index (χ4n) is 2.18. The molecule has 0 aromatic heterocycles. The predicted molar refractivity (Wildman–Crippen MR) is 101 cm³/mol. The van der Waals surface area contributed by atoms with Crippen molar-refractivity contribution >= 4 is 39.4 Å². The van der Waals surface area contributed by atoms with E-state index in [1.54, 1.807) is 50.6 Å². The van der Waals surface area contributed by atoms with Gasteiger partial charge in [-0.25, -0.2) is 0 Å². The highest BCUT2D eigenvalue weighted by Crippen LogP contribution is 2.36. The number of amides is 1. The number of Topliss-reactive ketones (excluding diaryl/α,β-unsaturated/α-hetero) is 1. The second-order valence-electron chi connectivity index (χ2n) is 5.19. The Bertz CT molecular complexity index is 813. The Kier molecular flexibility index (Phi) is 6.36. The summed E-state index contributed by atoms with van der Waals surface area (Å²) in [6.07, 6.45) is 3.10. The fourth-order valence-corrected chi connectivity index (χ4v) is 2.80. The first-order valence-corrected chi connectivity index (χ1v) is 8.25. The highest BCUT2D eigenvalue weighted by atomic mass is 79.9. The number of anilines is 1. The van der Waals surface area contributed by atoms with Crippen molar-refractivity contribution < 1.29 is 19.1 Å². The second kappa shape index (κ2) is 8.48. The number of benzene rings is 2. The van der Waals surface area contributed by atoms with E-state index in [4.69, 9.17) is 9.47 Å². The van der Waals surface area contributed by atoms with Crippen LogP contribution in [0.25, 0.3) is 6.08 Å². The van der Waals surface area contributed by atoms with Crippen LogP contribution in [0.1, 0.15) is 22.8 Å². The van der Waals surface area contributed by atoms with Crippen LogP contribution in [0, 0.1) is 0 Å². The van der Waals surface area contributed by atoms with Gasteiger partial charge in [-0.05, 0) is 70.9 Å².